The van der Waals surface area contributed by atoms with Gasteiger partial charge in [-0.3, -0.25) is 9.13 Å². The van der Waals surface area contributed by atoms with Crippen LogP contribution in [0.4, 0.5) is 0 Å². The Morgan fingerprint density at radius 3 is 1.25 bits per heavy atom. The Kier molecular flexibility index (Phi) is 11.5. The lowest BCUT2D eigenvalue weighted by Crippen LogP contribution is -2.06. The molecule has 0 saturated heterocycles. The average molecular weight is 1160 g/mol. The van der Waals surface area contributed by atoms with Gasteiger partial charge in [0.25, 0.3) is 0 Å². The predicted molar refractivity (Wildman–Crippen MR) is 366 cm³/mol. The van der Waals surface area contributed by atoms with Gasteiger partial charge in [-0.25, -0.2) is 9.97 Å². The average Bonchev–Trinajstić information content (AvgIpc) is 1.63. The van der Waals surface area contributed by atoms with Gasteiger partial charge in [-0.05, 0) is 69.8 Å². The molecule has 18 rings (SSSR count). The van der Waals surface area contributed by atoms with Crippen molar-refractivity contribution in [1.82, 2.24) is 39.0 Å². The van der Waals surface area contributed by atoms with Gasteiger partial charge in [0.1, 0.15) is 0 Å². The minimum absolute atomic E-state index is 0.554. The molecule has 0 saturated carbocycles. The molecule has 8 nitrogen and oxygen atoms in total. The van der Waals surface area contributed by atoms with Crippen LogP contribution in [0.1, 0.15) is 0 Å². The van der Waals surface area contributed by atoms with Crippen LogP contribution in [0.25, 0.3) is 175 Å². The second-order valence-electron chi connectivity index (χ2n) is 22.2. The van der Waals surface area contributed by atoms with Gasteiger partial charge >= 0.3 is 0 Å². The molecule has 0 spiro atoms. The van der Waals surface area contributed by atoms with Crippen LogP contribution in [0.3, 0.4) is 0 Å². The number of hydrogen-bond donors (Lipinski definition) is 0. The molecule has 18 aromatic rings. The monoisotopic (exact) mass is 1160 g/mol. The van der Waals surface area contributed by atoms with Crippen molar-refractivity contribution >= 4 is 107 Å². The molecule has 0 fully saturated rings. The summed E-state index contributed by atoms with van der Waals surface area (Å²) in [6.07, 6.45) is 0. The van der Waals surface area contributed by atoms with E-state index in [2.05, 4.69) is 246 Å². The summed E-state index contributed by atoms with van der Waals surface area (Å²) in [7, 11) is 0. The van der Waals surface area contributed by atoms with E-state index in [1.54, 1.807) is 0 Å². The van der Waals surface area contributed by atoms with Crippen LogP contribution in [0.15, 0.2) is 279 Å². The van der Waals surface area contributed by atoms with E-state index in [-0.39, 0.29) is 0 Å². The molecule has 0 aliphatic heterocycles. The third-order valence-electron chi connectivity index (χ3n) is 17.1. The van der Waals surface area contributed by atoms with Crippen molar-refractivity contribution in [3.63, 3.8) is 0 Å². The Labute approximate surface area is 512 Å². The van der Waals surface area contributed by atoms with Crippen LogP contribution in [-0.2, 0) is 0 Å². The number of rotatable bonds is 9. The molecule has 6 aromatic heterocycles. The Morgan fingerprint density at radius 1 is 0.239 bits per heavy atom. The van der Waals surface area contributed by atoms with Crippen molar-refractivity contribution in [3.05, 3.63) is 279 Å². The van der Waals surface area contributed by atoms with E-state index in [9.17, 15) is 0 Å². The fourth-order valence-electron chi connectivity index (χ4n) is 12.9. The van der Waals surface area contributed by atoms with Gasteiger partial charge < -0.3 is 0 Å². The third kappa shape index (κ3) is 8.11. The lowest BCUT2D eigenvalue weighted by molar-refractivity contribution is 0.955. The number of thiophene rings is 2. The number of benzene rings is 12. The van der Waals surface area contributed by atoms with E-state index in [1.807, 2.05) is 65.1 Å². The summed E-state index contributed by atoms with van der Waals surface area (Å²) in [6.45, 7) is 0. The smallest absolute Gasteiger partial charge is 0.238 e. The van der Waals surface area contributed by atoms with Gasteiger partial charge in [-0.1, -0.05) is 243 Å². The highest BCUT2D eigenvalue weighted by Crippen LogP contribution is 2.48. The van der Waals surface area contributed by atoms with Crippen LogP contribution in [0.5, 0.6) is 0 Å². The molecular weight excluding hydrogens is 1110 g/mol. The summed E-state index contributed by atoms with van der Waals surface area (Å²) in [5, 5.41) is 9.41. The number of hydrogen-bond acceptors (Lipinski definition) is 8. The topological polar surface area (TPSA) is 87.2 Å². The van der Waals surface area contributed by atoms with Crippen molar-refractivity contribution in [2.24, 2.45) is 0 Å². The van der Waals surface area contributed by atoms with Gasteiger partial charge in [0.05, 0.1) is 31.5 Å². The molecule has 0 atom stereocenters. The molecule has 0 N–H and O–H groups in total. The molecule has 0 amide bonds. The Morgan fingerprint density at radius 2 is 0.636 bits per heavy atom. The maximum absolute atomic E-state index is 5.43. The van der Waals surface area contributed by atoms with E-state index >= 15 is 0 Å². The van der Waals surface area contributed by atoms with Crippen molar-refractivity contribution in [2.75, 3.05) is 0 Å². The number of fused-ring (bicyclic) bond motifs is 14. The Balaban J connectivity index is 0.789. The molecule has 10 heteroatoms. The normalized spacial score (nSPS) is 11.9. The van der Waals surface area contributed by atoms with E-state index in [4.69, 9.17) is 29.9 Å². The summed E-state index contributed by atoms with van der Waals surface area (Å²) in [6, 6.07) is 98.6. The number of para-hydroxylation sites is 2. The number of nitrogens with zero attached hydrogens (tertiary/aromatic N) is 8. The van der Waals surface area contributed by atoms with Crippen molar-refractivity contribution in [2.45, 2.75) is 0 Å². The quantitative estimate of drug-likeness (QED) is 0.143. The second-order valence-corrected chi connectivity index (χ2v) is 24.3. The second kappa shape index (κ2) is 20.2. The fourth-order valence-corrected chi connectivity index (χ4v) is 15.4. The minimum atomic E-state index is 0.554. The van der Waals surface area contributed by atoms with Crippen molar-refractivity contribution in [1.29, 1.82) is 0 Å². The zero-order valence-electron chi connectivity index (χ0n) is 47.0. The summed E-state index contributed by atoms with van der Waals surface area (Å²) in [5.74, 6) is 3.52. The van der Waals surface area contributed by atoms with Gasteiger partial charge in [0.2, 0.25) is 11.9 Å². The van der Waals surface area contributed by atoms with Crippen LogP contribution in [-0.4, -0.2) is 39.0 Å². The van der Waals surface area contributed by atoms with Gasteiger partial charge in [0, 0.05) is 74.7 Å². The van der Waals surface area contributed by atoms with E-state index in [0.717, 1.165) is 99.2 Å². The lowest BCUT2D eigenvalue weighted by atomic mass is 9.95. The third-order valence-corrected chi connectivity index (χ3v) is 19.5. The molecule has 0 unspecified atom stereocenters. The predicted octanol–water partition coefficient (Wildman–Crippen LogP) is 20.7. The van der Waals surface area contributed by atoms with Gasteiger partial charge in [0.15, 0.2) is 23.3 Å². The van der Waals surface area contributed by atoms with Crippen LogP contribution >= 0.6 is 22.7 Å². The summed E-state index contributed by atoms with van der Waals surface area (Å²) >= 11 is 3.63. The first-order valence-corrected chi connectivity index (χ1v) is 31.0. The molecule has 0 radical (unpaired) electrons. The highest BCUT2D eigenvalue weighted by Gasteiger charge is 2.26. The summed E-state index contributed by atoms with van der Waals surface area (Å²) < 4.78 is 9.37. The van der Waals surface area contributed by atoms with Crippen LogP contribution in [0.2, 0.25) is 0 Å². The Hall–Kier alpha value is -11.3. The van der Waals surface area contributed by atoms with E-state index in [1.165, 1.54) is 40.3 Å². The summed E-state index contributed by atoms with van der Waals surface area (Å²) in [5.41, 5.74) is 14.4. The molecule has 0 aliphatic carbocycles. The van der Waals surface area contributed by atoms with Crippen LogP contribution < -0.4 is 0 Å². The van der Waals surface area contributed by atoms with Gasteiger partial charge in [-0.2, -0.15) is 19.9 Å². The largest absolute Gasteiger partial charge is 0.276 e. The van der Waals surface area contributed by atoms with E-state index < -0.39 is 0 Å². The first kappa shape index (κ1) is 50.1. The fraction of sp³-hybridized carbons (Fsp3) is 0. The lowest BCUT2D eigenvalue weighted by Gasteiger charge is -2.13. The van der Waals surface area contributed by atoms with Gasteiger partial charge in [-0.15, -0.1) is 22.7 Å². The van der Waals surface area contributed by atoms with Crippen molar-refractivity contribution in [3.8, 4) is 90.8 Å². The van der Waals surface area contributed by atoms with Crippen LogP contribution in [0, 0.1) is 0 Å². The number of aromatic nitrogens is 8. The first-order chi connectivity index (χ1) is 43.6. The van der Waals surface area contributed by atoms with E-state index in [0.29, 0.717) is 35.2 Å². The van der Waals surface area contributed by atoms with Crippen molar-refractivity contribution < 1.29 is 0 Å². The summed E-state index contributed by atoms with van der Waals surface area (Å²) in [4.78, 5) is 32.0. The SMILES string of the molecule is c1ccc(-c2ccc(-c3nc(-c4ccccc4)nc(-n4c5ccccc5c5c(-c6ccc(-c7cccc(-c8nc(-c9ccccc9)nc(-n9c%10ccccc%10c%10ccc%11c%12ccccc%12sc%11c%109)n8)c7)cc6)cc6c7ccccc7sc6c54)n3)cc2)cc1. The molecule has 88 heavy (non-hydrogen) atoms. The minimum Gasteiger partial charge on any atom is -0.276 e. The first-order valence-electron chi connectivity index (χ1n) is 29.3. The highest BCUT2D eigenvalue weighted by atomic mass is 32.1. The molecule has 6 heterocycles. The molecule has 12 aromatic carbocycles. The zero-order chi connectivity index (χ0) is 57.8. The standard InChI is InChI=1S/C78H46N8S2/c1-4-19-47(20-5-1)48-37-41-53(42-38-48)75-79-73(51-21-6-2-7-22-51)82-78(83-75)86-65-32-15-11-30-61(65)68-62(46-63-58-29-13-17-34-67(58)88-72(63)70(68)86)50-39-35-49(36-40-50)54-25-18-26-55(45-54)76-80-74(52-23-8-3-9-24-52)81-77(84-76)85-64-31-14-10-27-56(64)59-43-44-60-57-28-12-16-33-66(57)87-71(60)69(59)85/h1-46H. The highest BCUT2D eigenvalue weighted by molar-refractivity contribution is 7.27. The maximum Gasteiger partial charge on any atom is 0.238 e. The Bertz CT molecular complexity index is 5790. The molecule has 0 aliphatic rings. The maximum atomic E-state index is 5.43. The molecule has 410 valence electrons. The molecule has 0 bridgehead atoms. The molecular formula is C78H46N8S2. The zero-order valence-corrected chi connectivity index (χ0v) is 48.6.